The van der Waals surface area contributed by atoms with E-state index in [1.54, 1.807) is 6.07 Å². The highest BCUT2D eigenvalue weighted by Crippen LogP contribution is 2.28. The lowest BCUT2D eigenvalue weighted by atomic mass is 10.3. The number of thiocarbonyl (C=S) groups is 1. The lowest BCUT2D eigenvalue weighted by Gasteiger charge is -2.10. The molecule has 0 unspecified atom stereocenters. The quantitative estimate of drug-likeness (QED) is 0.848. The fourth-order valence-electron chi connectivity index (χ4n) is 1.35. The van der Waals surface area contributed by atoms with Gasteiger partial charge in [-0.25, -0.2) is 14.4 Å². The molecule has 0 radical (unpaired) electrons. The van der Waals surface area contributed by atoms with E-state index in [1.807, 2.05) is 0 Å². The summed E-state index contributed by atoms with van der Waals surface area (Å²) >= 11 is 10.7. The molecule has 0 fully saturated rings. The predicted molar refractivity (Wildman–Crippen MR) is 72.6 cm³/mol. The summed E-state index contributed by atoms with van der Waals surface area (Å²) in [5.41, 5.74) is 5.90. The van der Waals surface area contributed by atoms with Crippen LogP contribution in [-0.4, -0.2) is 15.0 Å². The molecule has 0 aliphatic carbocycles. The van der Waals surface area contributed by atoms with E-state index in [1.165, 1.54) is 24.5 Å². The molecule has 0 spiro atoms. The molecule has 0 aliphatic heterocycles. The standard InChI is InChI=1S/C11H8ClFN4S/c12-6-2-1-3-7(13)8(6)17-11-9(10(14)18)15-4-5-16-11/h1-5H,(H2,14,18)(H,16,17). The van der Waals surface area contributed by atoms with Crippen molar-refractivity contribution in [3.63, 3.8) is 0 Å². The summed E-state index contributed by atoms with van der Waals surface area (Å²) in [5, 5.41) is 2.97. The number of hydrogen-bond acceptors (Lipinski definition) is 4. The van der Waals surface area contributed by atoms with Gasteiger partial charge >= 0.3 is 0 Å². The summed E-state index contributed by atoms with van der Waals surface area (Å²) < 4.78 is 13.6. The number of anilines is 2. The highest BCUT2D eigenvalue weighted by molar-refractivity contribution is 7.80. The van der Waals surface area contributed by atoms with Crippen molar-refractivity contribution in [2.24, 2.45) is 5.73 Å². The van der Waals surface area contributed by atoms with Crippen LogP contribution in [0.5, 0.6) is 0 Å². The second kappa shape index (κ2) is 5.24. The maximum absolute atomic E-state index is 13.6. The van der Waals surface area contributed by atoms with E-state index in [-0.39, 0.29) is 27.2 Å². The fraction of sp³-hybridized carbons (Fsp3) is 0. The topological polar surface area (TPSA) is 63.8 Å². The van der Waals surface area contributed by atoms with E-state index in [9.17, 15) is 4.39 Å². The zero-order chi connectivity index (χ0) is 13.1. The van der Waals surface area contributed by atoms with Crippen LogP contribution in [0.25, 0.3) is 0 Å². The normalized spacial score (nSPS) is 10.1. The average Bonchev–Trinajstić information content (AvgIpc) is 2.34. The van der Waals surface area contributed by atoms with Gasteiger partial charge in [0.05, 0.1) is 10.7 Å². The first kappa shape index (κ1) is 12.7. The van der Waals surface area contributed by atoms with E-state index < -0.39 is 5.82 Å². The number of nitrogens with zero attached hydrogens (tertiary/aromatic N) is 2. The second-order valence-corrected chi connectivity index (χ2v) is 4.19. The lowest BCUT2D eigenvalue weighted by molar-refractivity contribution is 0.632. The number of hydrogen-bond donors (Lipinski definition) is 2. The van der Waals surface area contributed by atoms with Gasteiger partial charge in [-0.05, 0) is 12.1 Å². The van der Waals surface area contributed by atoms with Crippen LogP contribution in [0, 0.1) is 5.82 Å². The first-order valence-corrected chi connectivity index (χ1v) is 5.70. The van der Waals surface area contributed by atoms with Gasteiger partial charge in [0.25, 0.3) is 0 Å². The van der Waals surface area contributed by atoms with Crippen LogP contribution in [0.2, 0.25) is 5.02 Å². The zero-order valence-corrected chi connectivity index (χ0v) is 10.6. The Bertz CT molecular complexity index is 585. The summed E-state index contributed by atoms with van der Waals surface area (Å²) in [6.45, 7) is 0. The molecule has 7 heteroatoms. The monoisotopic (exact) mass is 282 g/mol. The van der Waals surface area contributed by atoms with Crippen LogP contribution < -0.4 is 11.1 Å². The molecular formula is C11H8ClFN4S. The van der Waals surface area contributed by atoms with Crippen LogP contribution in [-0.2, 0) is 0 Å². The fourth-order valence-corrected chi connectivity index (χ4v) is 1.71. The molecule has 0 aliphatic rings. The van der Waals surface area contributed by atoms with Crippen LogP contribution in [0.1, 0.15) is 5.69 Å². The maximum atomic E-state index is 13.6. The molecule has 2 rings (SSSR count). The largest absolute Gasteiger partial charge is 0.388 e. The molecule has 0 saturated carbocycles. The third-order valence-electron chi connectivity index (χ3n) is 2.14. The van der Waals surface area contributed by atoms with Crippen molar-refractivity contribution in [1.29, 1.82) is 0 Å². The van der Waals surface area contributed by atoms with Crippen molar-refractivity contribution in [2.75, 3.05) is 5.32 Å². The lowest BCUT2D eigenvalue weighted by Crippen LogP contribution is -2.15. The Morgan fingerprint density at radius 2 is 2.06 bits per heavy atom. The molecule has 1 aromatic heterocycles. The van der Waals surface area contributed by atoms with Crippen molar-refractivity contribution >= 4 is 40.3 Å². The third-order valence-corrected chi connectivity index (χ3v) is 2.65. The van der Waals surface area contributed by atoms with Gasteiger partial charge in [0.1, 0.15) is 16.5 Å². The molecular weight excluding hydrogens is 275 g/mol. The SMILES string of the molecule is NC(=S)c1nccnc1Nc1c(F)cccc1Cl. The number of nitrogens with one attached hydrogen (secondary N) is 1. The molecule has 0 bridgehead atoms. The molecule has 2 aromatic rings. The molecule has 4 nitrogen and oxygen atoms in total. The Morgan fingerprint density at radius 3 is 2.72 bits per heavy atom. The minimum absolute atomic E-state index is 0.0676. The molecule has 1 heterocycles. The summed E-state index contributed by atoms with van der Waals surface area (Å²) in [6, 6.07) is 4.35. The molecule has 18 heavy (non-hydrogen) atoms. The van der Waals surface area contributed by atoms with Crippen LogP contribution in [0.4, 0.5) is 15.9 Å². The van der Waals surface area contributed by atoms with E-state index >= 15 is 0 Å². The van der Waals surface area contributed by atoms with Crippen LogP contribution in [0.15, 0.2) is 30.6 Å². The molecule has 0 amide bonds. The Morgan fingerprint density at radius 1 is 1.33 bits per heavy atom. The van der Waals surface area contributed by atoms with Crippen LogP contribution >= 0.6 is 23.8 Å². The first-order valence-electron chi connectivity index (χ1n) is 4.91. The Kier molecular flexibility index (Phi) is 3.69. The average molecular weight is 283 g/mol. The summed E-state index contributed by atoms with van der Waals surface area (Å²) in [4.78, 5) is 8.06. The minimum Gasteiger partial charge on any atom is -0.388 e. The van der Waals surface area contributed by atoms with E-state index in [2.05, 4.69) is 15.3 Å². The van der Waals surface area contributed by atoms with Crippen molar-refractivity contribution in [2.45, 2.75) is 0 Å². The predicted octanol–water partition coefficient (Wildman–Crippen LogP) is 2.65. The molecule has 3 N–H and O–H groups in total. The summed E-state index contributed by atoms with van der Waals surface area (Å²) in [5.74, 6) is -0.237. The number of halogens is 2. The Balaban J connectivity index is 2.43. The van der Waals surface area contributed by atoms with Gasteiger partial charge in [0.15, 0.2) is 5.82 Å². The van der Waals surface area contributed by atoms with Gasteiger partial charge < -0.3 is 11.1 Å². The molecule has 92 valence electrons. The summed E-state index contributed by atoms with van der Waals surface area (Å²) in [7, 11) is 0. The second-order valence-electron chi connectivity index (χ2n) is 3.34. The number of aromatic nitrogens is 2. The van der Waals surface area contributed by atoms with Crippen molar-refractivity contribution in [3.05, 3.63) is 47.1 Å². The highest BCUT2D eigenvalue weighted by Gasteiger charge is 2.12. The van der Waals surface area contributed by atoms with Gasteiger partial charge in [-0.2, -0.15) is 0 Å². The zero-order valence-electron chi connectivity index (χ0n) is 9.02. The number of nitrogens with two attached hydrogens (primary N) is 1. The van der Waals surface area contributed by atoms with Gasteiger partial charge in [-0.3, -0.25) is 0 Å². The number of benzene rings is 1. The van der Waals surface area contributed by atoms with Crippen molar-refractivity contribution in [1.82, 2.24) is 9.97 Å². The Hall–Kier alpha value is -1.79. The van der Waals surface area contributed by atoms with Crippen LogP contribution in [0.3, 0.4) is 0 Å². The van der Waals surface area contributed by atoms with Crippen molar-refractivity contribution in [3.8, 4) is 0 Å². The third kappa shape index (κ3) is 2.55. The van der Waals surface area contributed by atoms with Crippen molar-refractivity contribution < 1.29 is 4.39 Å². The van der Waals surface area contributed by atoms with Gasteiger partial charge in [-0.1, -0.05) is 29.9 Å². The highest BCUT2D eigenvalue weighted by atomic mass is 35.5. The molecule has 0 saturated heterocycles. The molecule has 0 atom stereocenters. The smallest absolute Gasteiger partial charge is 0.159 e. The Labute approximate surface area is 113 Å². The molecule has 1 aromatic carbocycles. The van der Waals surface area contributed by atoms with Gasteiger partial charge in [0.2, 0.25) is 0 Å². The maximum Gasteiger partial charge on any atom is 0.159 e. The van der Waals surface area contributed by atoms with E-state index in [0.29, 0.717) is 0 Å². The summed E-state index contributed by atoms with van der Waals surface area (Å²) in [6.07, 6.45) is 2.89. The number of rotatable bonds is 3. The van der Waals surface area contributed by atoms with Gasteiger partial charge in [-0.15, -0.1) is 0 Å². The first-order chi connectivity index (χ1) is 8.59. The number of para-hydroxylation sites is 1. The van der Waals surface area contributed by atoms with Gasteiger partial charge in [0, 0.05) is 12.4 Å². The van der Waals surface area contributed by atoms with E-state index in [0.717, 1.165) is 0 Å². The minimum atomic E-state index is -0.498. The van der Waals surface area contributed by atoms with E-state index in [4.69, 9.17) is 29.6 Å².